The van der Waals surface area contributed by atoms with E-state index >= 15 is 0 Å². The fraction of sp³-hybridized carbons (Fsp3) is 0.750. The molecule has 0 amide bonds. The first-order valence-corrected chi connectivity index (χ1v) is 6.18. The van der Waals surface area contributed by atoms with Gasteiger partial charge in [-0.1, -0.05) is 0 Å². The van der Waals surface area contributed by atoms with Gasteiger partial charge in [-0.2, -0.15) is 0 Å². The molecule has 4 N–H and O–H groups in total. The van der Waals surface area contributed by atoms with Crippen LogP contribution >= 0.6 is 0 Å². The Morgan fingerprint density at radius 1 is 1.15 bits per heavy atom. The Labute approximate surface area is 116 Å². The van der Waals surface area contributed by atoms with Gasteiger partial charge in [0.1, 0.15) is 0 Å². The van der Waals surface area contributed by atoms with Crippen LogP contribution in [0.1, 0.15) is 39.0 Å². The number of ether oxygens (including phenoxy) is 1. The van der Waals surface area contributed by atoms with Gasteiger partial charge in [-0.3, -0.25) is 9.59 Å². The van der Waals surface area contributed by atoms with Crippen LogP contribution in [-0.2, 0) is 19.1 Å². The minimum Gasteiger partial charge on any atom is -0.481 e. The minimum absolute atomic E-state index is 0.0221. The van der Waals surface area contributed by atoms with E-state index in [4.69, 9.17) is 20.1 Å². The zero-order valence-corrected chi connectivity index (χ0v) is 11.2. The molecule has 0 aromatic carbocycles. The van der Waals surface area contributed by atoms with Gasteiger partial charge < -0.3 is 25.2 Å². The summed E-state index contributed by atoms with van der Waals surface area (Å²) >= 11 is 0. The maximum absolute atomic E-state index is 11.4. The molecule has 0 radical (unpaired) electrons. The van der Waals surface area contributed by atoms with E-state index in [0.29, 0.717) is 19.3 Å². The van der Waals surface area contributed by atoms with E-state index in [1.807, 2.05) is 0 Å². The molecule has 0 saturated heterocycles. The molecule has 0 rings (SSSR count). The van der Waals surface area contributed by atoms with Gasteiger partial charge in [-0.05, 0) is 26.2 Å². The highest BCUT2D eigenvalue weighted by atomic mass is 16.5. The zero-order valence-electron chi connectivity index (χ0n) is 11.2. The Morgan fingerprint density at radius 3 is 2.20 bits per heavy atom. The molecule has 0 aliphatic rings. The van der Waals surface area contributed by atoms with Crippen molar-refractivity contribution in [2.45, 2.75) is 50.7 Å². The fourth-order valence-electron chi connectivity index (χ4n) is 1.48. The van der Waals surface area contributed by atoms with E-state index in [1.54, 1.807) is 6.92 Å². The Morgan fingerprint density at radius 2 is 1.75 bits per heavy atom. The lowest BCUT2D eigenvalue weighted by Gasteiger charge is -2.20. The molecule has 8 heteroatoms. The van der Waals surface area contributed by atoms with Gasteiger partial charge in [0.05, 0.1) is 25.6 Å². The lowest BCUT2D eigenvalue weighted by molar-refractivity contribution is -0.172. The molecule has 0 heterocycles. The van der Waals surface area contributed by atoms with Gasteiger partial charge >= 0.3 is 17.9 Å². The van der Waals surface area contributed by atoms with Crippen molar-refractivity contribution in [2.75, 3.05) is 6.61 Å². The van der Waals surface area contributed by atoms with Crippen LogP contribution in [0.4, 0.5) is 0 Å². The first-order valence-electron chi connectivity index (χ1n) is 6.18. The maximum Gasteiger partial charge on any atom is 0.336 e. The van der Waals surface area contributed by atoms with Gasteiger partial charge in [-0.15, -0.1) is 0 Å². The van der Waals surface area contributed by atoms with Crippen LogP contribution in [0.15, 0.2) is 0 Å². The van der Waals surface area contributed by atoms with Crippen molar-refractivity contribution >= 4 is 17.9 Å². The number of aliphatic carboxylic acids is 2. The number of aliphatic hydroxyl groups is 2. The number of hydrogen-bond acceptors (Lipinski definition) is 6. The highest BCUT2D eigenvalue weighted by molar-refractivity contribution is 5.88. The molecule has 0 aliphatic heterocycles. The largest absolute Gasteiger partial charge is 0.481 e. The van der Waals surface area contributed by atoms with E-state index in [9.17, 15) is 19.5 Å². The summed E-state index contributed by atoms with van der Waals surface area (Å²) in [5.74, 6) is -4.29. The number of carboxylic acid groups (broad SMARTS) is 2. The Hall–Kier alpha value is -1.67. The van der Waals surface area contributed by atoms with E-state index in [0.717, 1.165) is 0 Å². The number of esters is 1. The highest BCUT2D eigenvalue weighted by Crippen LogP contribution is 2.17. The van der Waals surface area contributed by atoms with Crippen LogP contribution < -0.4 is 0 Å². The summed E-state index contributed by atoms with van der Waals surface area (Å²) in [5.41, 5.74) is -2.66. The van der Waals surface area contributed by atoms with Crippen molar-refractivity contribution in [3.05, 3.63) is 0 Å². The first kappa shape index (κ1) is 18.3. The van der Waals surface area contributed by atoms with Crippen molar-refractivity contribution in [3.63, 3.8) is 0 Å². The number of unbranched alkanes of at least 4 members (excludes halogenated alkanes) is 1. The normalized spacial score (nSPS) is 15.2. The molecule has 0 saturated carbocycles. The summed E-state index contributed by atoms with van der Waals surface area (Å²) < 4.78 is 4.71. The molecule has 116 valence electrons. The average Bonchev–Trinajstić information content (AvgIpc) is 2.26. The van der Waals surface area contributed by atoms with Crippen LogP contribution in [0.25, 0.3) is 0 Å². The predicted molar refractivity (Wildman–Crippen MR) is 65.9 cm³/mol. The molecule has 0 spiro atoms. The van der Waals surface area contributed by atoms with Crippen molar-refractivity contribution in [2.24, 2.45) is 0 Å². The number of rotatable bonds is 10. The summed E-state index contributed by atoms with van der Waals surface area (Å²) in [7, 11) is 0. The third-order valence-corrected chi connectivity index (χ3v) is 2.56. The molecule has 8 nitrogen and oxygen atoms in total. The molecule has 2 unspecified atom stereocenters. The monoisotopic (exact) mass is 292 g/mol. The number of carbonyl (C=O) groups excluding carboxylic acids is 1. The smallest absolute Gasteiger partial charge is 0.336 e. The molecule has 0 fully saturated rings. The lowest BCUT2D eigenvalue weighted by Crippen LogP contribution is -2.43. The second-order valence-corrected chi connectivity index (χ2v) is 4.65. The van der Waals surface area contributed by atoms with Crippen molar-refractivity contribution in [3.8, 4) is 0 Å². The molecule has 20 heavy (non-hydrogen) atoms. The quantitative estimate of drug-likeness (QED) is 0.319. The third-order valence-electron chi connectivity index (χ3n) is 2.56. The highest BCUT2D eigenvalue weighted by Gasteiger charge is 2.41. The Bertz CT molecular complexity index is 351. The molecule has 0 aliphatic carbocycles. The summed E-state index contributed by atoms with van der Waals surface area (Å²) in [6, 6.07) is 0. The molecule has 0 bridgehead atoms. The van der Waals surface area contributed by atoms with E-state index < -0.39 is 42.5 Å². The van der Waals surface area contributed by atoms with Crippen LogP contribution in [0.2, 0.25) is 0 Å². The van der Waals surface area contributed by atoms with Crippen molar-refractivity contribution < 1.29 is 39.5 Å². The Kier molecular flexibility index (Phi) is 7.78. The van der Waals surface area contributed by atoms with Gasteiger partial charge in [0, 0.05) is 0 Å². The fourth-order valence-corrected chi connectivity index (χ4v) is 1.48. The topological polar surface area (TPSA) is 141 Å². The van der Waals surface area contributed by atoms with Gasteiger partial charge in [-0.25, -0.2) is 4.79 Å². The summed E-state index contributed by atoms with van der Waals surface area (Å²) in [6.07, 6.45) is -0.789. The second kappa shape index (κ2) is 8.49. The van der Waals surface area contributed by atoms with Crippen LogP contribution in [-0.4, -0.2) is 56.6 Å². The summed E-state index contributed by atoms with van der Waals surface area (Å²) in [6.45, 7) is 1.65. The van der Waals surface area contributed by atoms with Crippen LogP contribution in [0.3, 0.4) is 0 Å². The van der Waals surface area contributed by atoms with E-state index in [2.05, 4.69) is 0 Å². The SMILES string of the molecule is CC(O)CCCCOC(=O)CC(O)(CC(=O)O)C(=O)O. The standard InChI is InChI=1S/C12H20O8/c1-8(13)4-2-3-5-20-10(16)7-12(19,11(17)18)6-9(14)15/h8,13,19H,2-7H2,1H3,(H,14,15)(H,17,18). The number of hydrogen-bond donors (Lipinski definition) is 4. The Balaban J connectivity index is 4.15. The van der Waals surface area contributed by atoms with Crippen LogP contribution in [0, 0.1) is 0 Å². The predicted octanol–water partition coefficient (Wildman–Crippen LogP) is -0.239. The minimum atomic E-state index is -2.66. The maximum atomic E-state index is 11.4. The lowest BCUT2D eigenvalue weighted by atomic mass is 9.96. The van der Waals surface area contributed by atoms with Crippen molar-refractivity contribution in [1.82, 2.24) is 0 Å². The molecular weight excluding hydrogens is 272 g/mol. The van der Waals surface area contributed by atoms with Gasteiger partial charge in [0.25, 0.3) is 0 Å². The third kappa shape index (κ3) is 7.70. The summed E-state index contributed by atoms with van der Waals surface area (Å²) in [5, 5.41) is 35.8. The van der Waals surface area contributed by atoms with Gasteiger partial charge in [0.15, 0.2) is 5.60 Å². The number of aliphatic hydroxyl groups excluding tert-OH is 1. The first-order chi connectivity index (χ1) is 9.17. The average molecular weight is 292 g/mol. The summed E-state index contributed by atoms with van der Waals surface area (Å²) in [4.78, 5) is 32.6. The van der Waals surface area contributed by atoms with Gasteiger partial charge in [0.2, 0.25) is 0 Å². The van der Waals surface area contributed by atoms with Crippen LogP contribution in [0.5, 0.6) is 0 Å². The van der Waals surface area contributed by atoms with E-state index in [-0.39, 0.29) is 6.61 Å². The van der Waals surface area contributed by atoms with E-state index in [1.165, 1.54) is 0 Å². The zero-order chi connectivity index (χ0) is 15.8. The number of carbonyl (C=O) groups is 3. The van der Waals surface area contributed by atoms with Crippen molar-refractivity contribution in [1.29, 1.82) is 0 Å². The molecule has 2 atom stereocenters. The second-order valence-electron chi connectivity index (χ2n) is 4.65. The molecule has 0 aromatic rings. The number of carboxylic acids is 2. The molecule has 0 aromatic heterocycles. The molecular formula is C12H20O8.